The molecule has 2 aliphatic rings. The van der Waals surface area contributed by atoms with Gasteiger partial charge in [0, 0.05) is 53.0 Å². The van der Waals surface area contributed by atoms with E-state index in [4.69, 9.17) is 4.74 Å². The highest BCUT2D eigenvalue weighted by Gasteiger charge is 2.42. The molecule has 1 saturated carbocycles. The molecule has 0 atom stereocenters. The smallest absolute Gasteiger partial charge is 0.193 e. The summed E-state index contributed by atoms with van der Waals surface area (Å²) in [7, 11) is 1.84. The van der Waals surface area contributed by atoms with Gasteiger partial charge >= 0.3 is 0 Å². The van der Waals surface area contributed by atoms with Crippen molar-refractivity contribution >= 4 is 35.6 Å². The second-order valence-corrected chi connectivity index (χ2v) is 7.27. The molecule has 1 aliphatic carbocycles. The minimum Gasteiger partial charge on any atom is -0.382 e. The average molecular weight is 490 g/mol. The molecule has 1 heterocycles. The third-order valence-corrected chi connectivity index (χ3v) is 5.54. The molecule has 152 valence electrons. The molecule has 27 heavy (non-hydrogen) atoms. The molecule has 0 unspecified atom stereocenters. The molecule has 5 nitrogen and oxygen atoms in total. The highest BCUT2D eigenvalue weighted by atomic mass is 127. The van der Waals surface area contributed by atoms with Crippen LogP contribution in [0.1, 0.15) is 26.2 Å². The molecule has 0 bridgehead atoms. The first-order valence-electron chi connectivity index (χ1n) is 9.70. The van der Waals surface area contributed by atoms with Gasteiger partial charge in [0.2, 0.25) is 0 Å². The van der Waals surface area contributed by atoms with Crippen LogP contribution in [-0.4, -0.2) is 63.8 Å². The fourth-order valence-electron chi connectivity index (χ4n) is 3.59. The number of aliphatic imine (C=N–C) groups is 1. The first-order valence-corrected chi connectivity index (χ1v) is 9.70. The highest BCUT2D eigenvalue weighted by Crippen LogP contribution is 2.48. The lowest BCUT2D eigenvalue weighted by Gasteiger charge is -2.38. The monoisotopic (exact) mass is 490 g/mol. The molecule has 1 aliphatic heterocycles. The molecule has 2 fully saturated rings. The van der Waals surface area contributed by atoms with Gasteiger partial charge in [-0.05, 0) is 43.7 Å². The van der Waals surface area contributed by atoms with Crippen LogP contribution in [0.25, 0.3) is 0 Å². The number of rotatable bonds is 7. The van der Waals surface area contributed by atoms with E-state index in [1.165, 1.54) is 18.9 Å². The molecule has 7 heteroatoms. The maximum Gasteiger partial charge on any atom is 0.193 e. The van der Waals surface area contributed by atoms with E-state index in [2.05, 4.69) is 20.1 Å². The van der Waals surface area contributed by atoms with Gasteiger partial charge in [-0.2, -0.15) is 0 Å². The standard InChI is InChI=1S/C20H31FN4O.HI/c1-3-26-15-10-20(8-9-20)16-23-19(22-2)25-13-11-24(12-14-25)18-7-5-4-6-17(18)21;/h4-7H,3,8-16H2,1-2H3,(H,22,23);1H. The van der Waals surface area contributed by atoms with Gasteiger partial charge in [-0.3, -0.25) is 4.99 Å². The Labute approximate surface area is 179 Å². The maximum absolute atomic E-state index is 14.0. The summed E-state index contributed by atoms with van der Waals surface area (Å²) in [5.74, 6) is 0.814. The van der Waals surface area contributed by atoms with Crippen LogP contribution < -0.4 is 10.2 Å². The molecular formula is C20H32FIN4O. The van der Waals surface area contributed by atoms with Gasteiger partial charge in [-0.25, -0.2) is 4.39 Å². The lowest BCUT2D eigenvalue weighted by atomic mass is 10.0. The SMILES string of the molecule is CCOCCC1(CNC(=NC)N2CCN(c3ccccc3F)CC2)CC1.I. The molecule has 1 aromatic carbocycles. The summed E-state index contributed by atoms with van der Waals surface area (Å²) < 4.78 is 19.5. The third kappa shape index (κ3) is 5.94. The predicted octanol–water partition coefficient (Wildman–Crippen LogP) is 3.35. The van der Waals surface area contributed by atoms with Crippen molar-refractivity contribution in [3.8, 4) is 0 Å². The van der Waals surface area contributed by atoms with Crippen molar-refractivity contribution in [2.75, 3.05) is 57.9 Å². The lowest BCUT2D eigenvalue weighted by molar-refractivity contribution is 0.128. The Morgan fingerprint density at radius 2 is 1.93 bits per heavy atom. The Morgan fingerprint density at radius 3 is 2.52 bits per heavy atom. The Hall–Kier alpha value is -1.09. The molecule has 0 amide bonds. The molecule has 3 rings (SSSR count). The van der Waals surface area contributed by atoms with Gasteiger partial charge in [-0.15, -0.1) is 24.0 Å². The summed E-state index contributed by atoms with van der Waals surface area (Å²) in [6, 6.07) is 7.01. The first kappa shape index (κ1) is 22.2. The number of guanidine groups is 1. The van der Waals surface area contributed by atoms with Crippen LogP contribution in [-0.2, 0) is 4.74 Å². The van der Waals surface area contributed by atoms with Crippen LogP contribution in [0.5, 0.6) is 0 Å². The van der Waals surface area contributed by atoms with E-state index in [-0.39, 0.29) is 29.8 Å². The van der Waals surface area contributed by atoms with E-state index in [0.717, 1.165) is 58.3 Å². The molecular weight excluding hydrogens is 458 g/mol. The normalized spacial score (nSPS) is 18.9. The van der Waals surface area contributed by atoms with Gasteiger partial charge in [0.1, 0.15) is 5.82 Å². The van der Waals surface area contributed by atoms with Crippen LogP contribution in [0.3, 0.4) is 0 Å². The zero-order valence-electron chi connectivity index (χ0n) is 16.4. The van der Waals surface area contributed by atoms with Crippen LogP contribution in [0.2, 0.25) is 0 Å². The van der Waals surface area contributed by atoms with Crippen molar-refractivity contribution in [3.05, 3.63) is 30.1 Å². The lowest BCUT2D eigenvalue weighted by Crippen LogP contribution is -2.53. The molecule has 1 aromatic rings. The number of hydrogen-bond acceptors (Lipinski definition) is 3. The number of para-hydroxylation sites is 1. The summed E-state index contributed by atoms with van der Waals surface area (Å²) in [5, 5.41) is 3.56. The van der Waals surface area contributed by atoms with Crippen molar-refractivity contribution in [1.82, 2.24) is 10.2 Å². The summed E-state index contributed by atoms with van der Waals surface area (Å²) in [6.45, 7) is 7.94. The van der Waals surface area contributed by atoms with E-state index in [9.17, 15) is 4.39 Å². The molecule has 1 saturated heterocycles. The van der Waals surface area contributed by atoms with Gasteiger partial charge < -0.3 is 19.9 Å². The zero-order chi connectivity index (χ0) is 18.4. The van der Waals surface area contributed by atoms with E-state index in [1.807, 2.05) is 26.1 Å². The minimum atomic E-state index is -0.145. The number of ether oxygens (including phenoxy) is 1. The molecule has 1 N–H and O–H groups in total. The topological polar surface area (TPSA) is 40.1 Å². The Morgan fingerprint density at radius 1 is 1.22 bits per heavy atom. The van der Waals surface area contributed by atoms with Gasteiger partial charge in [0.15, 0.2) is 5.96 Å². The molecule has 0 spiro atoms. The number of anilines is 1. The molecule has 0 radical (unpaired) electrons. The van der Waals surface area contributed by atoms with Crippen LogP contribution in [0.4, 0.5) is 10.1 Å². The predicted molar refractivity (Wildman–Crippen MR) is 120 cm³/mol. The summed E-state index contributed by atoms with van der Waals surface area (Å²) in [4.78, 5) is 8.85. The third-order valence-electron chi connectivity index (χ3n) is 5.54. The fraction of sp³-hybridized carbons (Fsp3) is 0.650. The number of benzene rings is 1. The Kier molecular flexibility index (Phi) is 8.60. The molecule has 0 aromatic heterocycles. The number of hydrogen-bond donors (Lipinski definition) is 1. The van der Waals surface area contributed by atoms with Crippen molar-refractivity contribution in [3.63, 3.8) is 0 Å². The van der Waals surface area contributed by atoms with Crippen molar-refractivity contribution < 1.29 is 9.13 Å². The highest BCUT2D eigenvalue weighted by molar-refractivity contribution is 14.0. The quantitative estimate of drug-likeness (QED) is 0.276. The van der Waals surface area contributed by atoms with E-state index < -0.39 is 0 Å². The Balaban J connectivity index is 0.00000261. The van der Waals surface area contributed by atoms with E-state index in [1.54, 1.807) is 6.07 Å². The number of piperazine rings is 1. The number of nitrogens with one attached hydrogen (secondary N) is 1. The van der Waals surface area contributed by atoms with Crippen molar-refractivity contribution in [2.24, 2.45) is 10.4 Å². The van der Waals surface area contributed by atoms with Gasteiger partial charge in [0.25, 0.3) is 0 Å². The summed E-state index contributed by atoms with van der Waals surface area (Å²) in [5.41, 5.74) is 1.09. The fourth-order valence-corrected chi connectivity index (χ4v) is 3.59. The maximum atomic E-state index is 14.0. The van der Waals surface area contributed by atoms with Crippen molar-refractivity contribution in [2.45, 2.75) is 26.2 Å². The average Bonchev–Trinajstić information content (AvgIpc) is 3.44. The van der Waals surface area contributed by atoms with Crippen LogP contribution in [0, 0.1) is 11.2 Å². The largest absolute Gasteiger partial charge is 0.382 e. The second kappa shape index (κ2) is 10.5. The summed E-state index contributed by atoms with van der Waals surface area (Å²) in [6.07, 6.45) is 3.65. The number of nitrogens with zero attached hydrogens (tertiary/aromatic N) is 3. The second-order valence-electron chi connectivity index (χ2n) is 7.27. The zero-order valence-corrected chi connectivity index (χ0v) is 18.7. The van der Waals surface area contributed by atoms with Crippen LogP contribution in [0.15, 0.2) is 29.3 Å². The van der Waals surface area contributed by atoms with Gasteiger partial charge in [-0.1, -0.05) is 12.1 Å². The van der Waals surface area contributed by atoms with Crippen molar-refractivity contribution in [1.29, 1.82) is 0 Å². The number of halogens is 2. The van der Waals surface area contributed by atoms with Crippen LogP contribution >= 0.6 is 24.0 Å². The minimum absolute atomic E-state index is 0. The Bertz CT molecular complexity index is 616. The van der Waals surface area contributed by atoms with E-state index in [0.29, 0.717) is 11.1 Å². The summed E-state index contributed by atoms with van der Waals surface area (Å²) >= 11 is 0. The first-order chi connectivity index (χ1) is 12.7. The van der Waals surface area contributed by atoms with E-state index >= 15 is 0 Å². The van der Waals surface area contributed by atoms with Gasteiger partial charge in [0.05, 0.1) is 5.69 Å².